The van der Waals surface area contributed by atoms with Crippen LogP contribution in [0.25, 0.3) is 5.76 Å². The van der Waals surface area contributed by atoms with Crippen molar-refractivity contribution in [2.24, 2.45) is 0 Å². The minimum atomic E-state index is -0.893. The third-order valence-electron chi connectivity index (χ3n) is 4.48. The molecular formula is C20H13Cl2N3O3S. The molecule has 1 atom stereocenters. The Morgan fingerprint density at radius 3 is 2.38 bits per heavy atom. The molecule has 29 heavy (non-hydrogen) atoms. The van der Waals surface area contributed by atoms with Crippen LogP contribution < -0.4 is 4.90 Å². The molecule has 1 aliphatic heterocycles. The van der Waals surface area contributed by atoms with Gasteiger partial charge < -0.3 is 5.11 Å². The summed E-state index contributed by atoms with van der Waals surface area (Å²) in [4.78, 5) is 27.1. The zero-order chi connectivity index (χ0) is 20.7. The topological polar surface area (TPSA) is 83.4 Å². The summed E-state index contributed by atoms with van der Waals surface area (Å²) >= 11 is 13.4. The Morgan fingerprint density at radius 2 is 1.76 bits per heavy atom. The maximum atomic E-state index is 13.0. The highest BCUT2D eigenvalue weighted by Gasteiger charge is 2.48. The molecule has 1 aliphatic rings. The first-order valence-electron chi connectivity index (χ1n) is 8.50. The Balaban J connectivity index is 1.96. The van der Waals surface area contributed by atoms with Gasteiger partial charge in [-0.05, 0) is 36.8 Å². The average molecular weight is 446 g/mol. The molecule has 2 aromatic carbocycles. The first-order chi connectivity index (χ1) is 13.9. The van der Waals surface area contributed by atoms with Gasteiger partial charge in [0.2, 0.25) is 5.13 Å². The molecule has 146 valence electrons. The van der Waals surface area contributed by atoms with Crippen molar-refractivity contribution in [3.63, 3.8) is 0 Å². The van der Waals surface area contributed by atoms with E-state index in [4.69, 9.17) is 23.2 Å². The van der Waals surface area contributed by atoms with Gasteiger partial charge >= 0.3 is 5.91 Å². The summed E-state index contributed by atoms with van der Waals surface area (Å²) in [5.74, 6) is -1.97. The second-order valence-electron chi connectivity index (χ2n) is 6.30. The fourth-order valence-corrected chi connectivity index (χ4v) is 4.24. The number of nitrogens with zero attached hydrogens (tertiary/aromatic N) is 3. The van der Waals surface area contributed by atoms with Crippen LogP contribution in [0, 0.1) is 6.92 Å². The number of aromatic nitrogens is 2. The summed E-state index contributed by atoms with van der Waals surface area (Å²) in [6.45, 7) is 1.75. The standard InChI is InChI=1S/C20H13Cl2N3O3S/c1-10-23-24-20(29-10)25-16(11-6-8-12(21)9-7-11)15(18(27)19(25)28)17(26)13-4-2-3-5-14(13)22/h2-9,16,26H,1H3/b17-15-. The number of aliphatic hydroxyl groups excluding tert-OH is 1. The first-order valence-corrected chi connectivity index (χ1v) is 10.1. The molecule has 3 aromatic rings. The number of aliphatic hydroxyl groups is 1. The zero-order valence-corrected chi connectivity index (χ0v) is 17.3. The number of benzene rings is 2. The molecule has 9 heteroatoms. The van der Waals surface area contributed by atoms with Gasteiger partial charge in [-0.25, -0.2) is 0 Å². The van der Waals surface area contributed by atoms with E-state index in [1.54, 1.807) is 55.5 Å². The van der Waals surface area contributed by atoms with Crippen LogP contribution in [-0.2, 0) is 9.59 Å². The lowest BCUT2D eigenvalue weighted by Crippen LogP contribution is -2.29. The third-order valence-corrected chi connectivity index (χ3v) is 5.90. The number of amides is 1. The van der Waals surface area contributed by atoms with Crippen LogP contribution in [0.1, 0.15) is 22.2 Å². The van der Waals surface area contributed by atoms with Crippen molar-refractivity contribution >= 4 is 57.1 Å². The number of Topliss-reactive ketones (excluding diaryl/α,β-unsaturated/α-hetero) is 1. The molecule has 1 saturated heterocycles. The summed E-state index contributed by atoms with van der Waals surface area (Å²) in [5.41, 5.74) is 0.785. The van der Waals surface area contributed by atoms with Gasteiger partial charge in [0.05, 0.1) is 16.6 Å². The van der Waals surface area contributed by atoms with Crippen LogP contribution in [0.4, 0.5) is 5.13 Å². The molecule has 0 aliphatic carbocycles. The predicted molar refractivity (Wildman–Crippen MR) is 112 cm³/mol. The number of hydrogen-bond acceptors (Lipinski definition) is 6. The van der Waals surface area contributed by atoms with E-state index in [1.165, 1.54) is 16.2 Å². The van der Waals surface area contributed by atoms with Gasteiger partial charge in [0, 0.05) is 10.6 Å². The fourth-order valence-electron chi connectivity index (χ4n) is 3.17. The molecule has 0 spiro atoms. The molecule has 2 heterocycles. The summed E-state index contributed by atoms with van der Waals surface area (Å²) in [6, 6.07) is 12.4. The maximum Gasteiger partial charge on any atom is 0.301 e. The summed E-state index contributed by atoms with van der Waals surface area (Å²) in [5, 5.41) is 20.6. The molecule has 1 fully saturated rings. The van der Waals surface area contributed by atoms with Gasteiger partial charge in [-0.2, -0.15) is 0 Å². The molecule has 6 nitrogen and oxygen atoms in total. The number of rotatable bonds is 3. The summed E-state index contributed by atoms with van der Waals surface area (Å²) in [6.07, 6.45) is 0. The fraction of sp³-hybridized carbons (Fsp3) is 0.100. The van der Waals surface area contributed by atoms with Gasteiger partial charge in [0.1, 0.15) is 10.8 Å². The molecular weight excluding hydrogens is 433 g/mol. The number of carbonyl (C=O) groups is 2. The highest BCUT2D eigenvalue weighted by Crippen LogP contribution is 2.43. The molecule has 1 amide bonds. The molecule has 0 radical (unpaired) electrons. The van der Waals surface area contributed by atoms with Gasteiger partial charge in [0.15, 0.2) is 0 Å². The highest BCUT2D eigenvalue weighted by molar-refractivity contribution is 7.15. The Morgan fingerprint density at radius 1 is 1.07 bits per heavy atom. The van der Waals surface area contributed by atoms with Crippen molar-refractivity contribution in [2.75, 3.05) is 4.90 Å². The van der Waals surface area contributed by atoms with E-state index >= 15 is 0 Å². The van der Waals surface area contributed by atoms with Crippen molar-refractivity contribution in [3.05, 3.63) is 80.3 Å². The Labute approximate surface area is 180 Å². The van der Waals surface area contributed by atoms with Crippen LogP contribution in [0.3, 0.4) is 0 Å². The molecule has 4 rings (SSSR count). The van der Waals surface area contributed by atoms with Crippen molar-refractivity contribution in [1.82, 2.24) is 10.2 Å². The van der Waals surface area contributed by atoms with E-state index in [0.29, 0.717) is 15.6 Å². The maximum absolute atomic E-state index is 13.0. The molecule has 1 N–H and O–H groups in total. The predicted octanol–water partition coefficient (Wildman–Crippen LogP) is 4.78. The zero-order valence-electron chi connectivity index (χ0n) is 15.0. The lowest BCUT2D eigenvalue weighted by Gasteiger charge is -2.22. The normalized spacial score (nSPS) is 18.4. The number of carbonyl (C=O) groups excluding carboxylic acids is 2. The van der Waals surface area contributed by atoms with Crippen molar-refractivity contribution < 1.29 is 14.7 Å². The Kier molecular flexibility index (Phi) is 5.12. The van der Waals surface area contributed by atoms with Gasteiger partial charge in [-0.15, -0.1) is 10.2 Å². The third kappa shape index (κ3) is 3.42. The van der Waals surface area contributed by atoms with Crippen LogP contribution in [0.15, 0.2) is 54.1 Å². The van der Waals surface area contributed by atoms with Gasteiger partial charge in [0.25, 0.3) is 5.78 Å². The van der Waals surface area contributed by atoms with Crippen LogP contribution in [-0.4, -0.2) is 27.0 Å². The Hall–Kier alpha value is -2.74. The largest absolute Gasteiger partial charge is 0.507 e. The van der Waals surface area contributed by atoms with E-state index in [0.717, 1.165) is 0 Å². The lowest BCUT2D eigenvalue weighted by atomic mass is 9.95. The summed E-state index contributed by atoms with van der Waals surface area (Å²) < 4.78 is 0. The van der Waals surface area contributed by atoms with Crippen molar-refractivity contribution in [3.8, 4) is 0 Å². The quantitative estimate of drug-likeness (QED) is 0.356. The minimum absolute atomic E-state index is 0.0710. The average Bonchev–Trinajstić information content (AvgIpc) is 3.24. The SMILES string of the molecule is Cc1nnc(N2C(=O)C(=O)/C(=C(\O)c3ccccc3Cl)C2c2ccc(Cl)cc2)s1. The second-order valence-corrected chi connectivity index (χ2v) is 8.31. The van der Waals surface area contributed by atoms with Crippen molar-refractivity contribution in [2.45, 2.75) is 13.0 Å². The number of anilines is 1. The van der Waals surface area contributed by atoms with Crippen LogP contribution >= 0.6 is 34.5 Å². The number of aryl methyl sites for hydroxylation is 1. The van der Waals surface area contributed by atoms with Crippen LogP contribution in [0.5, 0.6) is 0 Å². The Bertz CT molecular complexity index is 1160. The smallest absolute Gasteiger partial charge is 0.301 e. The number of ketones is 1. The van der Waals surface area contributed by atoms with Gasteiger partial charge in [-0.1, -0.05) is 58.8 Å². The first kappa shape index (κ1) is 19.6. The van der Waals surface area contributed by atoms with E-state index in [2.05, 4.69) is 10.2 Å². The van der Waals surface area contributed by atoms with Gasteiger partial charge in [-0.3, -0.25) is 14.5 Å². The second kappa shape index (κ2) is 7.59. The lowest BCUT2D eigenvalue weighted by molar-refractivity contribution is -0.132. The molecule has 1 aromatic heterocycles. The molecule has 1 unspecified atom stereocenters. The summed E-state index contributed by atoms with van der Waals surface area (Å²) in [7, 11) is 0. The number of hydrogen-bond donors (Lipinski definition) is 1. The van der Waals surface area contributed by atoms with Crippen LogP contribution in [0.2, 0.25) is 10.0 Å². The van der Waals surface area contributed by atoms with E-state index < -0.39 is 17.7 Å². The van der Waals surface area contributed by atoms with E-state index in [-0.39, 0.29) is 27.0 Å². The van der Waals surface area contributed by atoms with E-state index in [1.807, 2.05) is 0 Å². The molecule has 0 saturated carbocycles. The minimum Gasteiger partial charge on any atom is -0.507 e. The highest BCUT2D eigenvalue weighted by atomic mass is 35.5. The molecule has 0 bridgehead atoms. The van der Waals surface area contributed by atoms with Crippen molar-refractivity contribution in [1.29, 1.82) is 0 Å². The number of halogens is 2. The van der Waals surface area contributed by atoms with E-state index in [9.17, 15) is 14.7 Å². The monoisotopic (exact) mass is 445 g/mol.